The summed E-state index contributed by atoms with van der Waals surface area (Å²) in [5, 5.41) is 4.81. The van der Waals surface area contributed by atoms with E-state index in [4.69, 9.17) is 0 Å². The maximum absolute atomic E-state index is 11.9. The van der Waals surface area contributed by atoms with Crippen LogP contribution in [0.3, 0.4) is 0 Å². The molecule has 6 nitrogen and oxygen atoms in total. The van der Waals surface area contributed by atoms with Gasteiger partial charge in [0.25, 0.3) is 5.91 Å². The molecular formula is C12H14N3O3+. The predicted octanol–water partition coefficient (Wildman–Crippen LogP) is -0.954. The Hall–Kier alpha value is -2.24. The third kappa shape index (κ3) is 2.71. The zero-order valence-corrected chi connectivity index (χ0v) is 9.97. The number of nitrogens with one attached hydrogen (secondary N) is 2. The van der Waals surface area contributed by atoms with Crippen LogP contribution in [0.4, 0.5) is 0 Å². The van der Waals surface area contributed by atoms with Crippen LogP contribution >= 0.6 is 0 Å². The van der Waals surface area contributed by atoms with Gasteiger partial charge in [0, 0.05) is 18.6 Å². The van der Waals surface area contributed by atoms with Crippen LogP contribution in [-0.2, 0) is 16.6 Å². The van der Waals surface area contributed by atoms with Gasteiger partial charge in [-0.2, -0.15) is 0 Å². The van der Waals surface area contributed by atoms with E-state index in [1.165, 1.54) is 0 Å². The Balaban J connectivity index is 2.01. The van der Waals surface area contributed by atoms with Crippen molar-refractivity contribution in [3.8, 4) is 0 Å². The SMILES string of the molecule is C[n+]1ccc(C(=O)NC2CCC(=O)NC2=O)cc1. The minimum atomic E-state index is -0.635. The smallest absolute Gasteiger partial charge is 0.252 e. The van der Waals surface area contributed by atoms with E-state index in [0.717, 1.165) is 0 Å². The zero-order valence-electron chi connectivity index (χ0n) is 9.97. The normalized spacial score (nSPS) is 19.3. The fraction of sp³-hybridized carbons (Fsp3) is 0.333. The van der Waals surface area contributed by atoms with Crippen LogP contribution < -0.4 is 15.2 Å². The van der Waals surface area contributed by atoms with E-state index >= 15 is 0 Å². The van der Waals surface area contributed by atoms with Crippen molar-refractivity contribution in [2.45, 2.75) is 18.9 Å². The van der Waals surface area contributed by atoms with Gasteiger partial charge in [0.1, 0.15) is 13.1 Å². The molecule has 6 heteroatoms. The van der Waals surface area contributed by atoms with Gasteiger partial charge < -0.3 is 5.32 Å². The molecule has 1 fully saturated rings. The molecular weight excluding hydrogens is 234 g/mol. The van der Waals surface area contributed by atoms with Crippen molar-refractivity contribution in [1.82, 2.24) is 10.6 Å². The zero-order chi connectivity index (χ0) is 13.1. The molecule has 0 bridgehead atoms. The van der Waals surface area contributed by atoms with Crippen molar-refractivity contribution in [1.29, 1.82) is 0 Å². The van der Waals surface area contributed by atoms with Crippen LogP contribution in [0.2, 0.25) is 0 Å². The average molecular weight is 248 g/mol. The molecule has 1 aromatic rings. The number of rotatable bonds is 2. The molecule has 1 saturated heterocycles. The molecule has 94 valence electrons. The lowest BCUT2D eigenvalue weighted by molar-refractivity contribution is -0.671. The molecule has 0 aliphatic carbocycles. The van der Waals surface area contributed by atoms with Crippen LogP contribution in [-0.4, -0.2) is 23.8 Å². The minimum Gasteiger partial charge on any atom is -0.340 e. The highest BCUT2D eigenvalue weighted by molar-refractivity contribution is 6.03. The number of amides is 3. The first-order valence-corrected chi connectivity index (χ1v) is 5.66. The van der Waals surface area contributed by atoms with Crippen LogP contribution in [0.5, 0.6) is 0 Å². The first-order chi connectivity index (χ1) is 8.56. The van der Waals surface area contributed by atoms with Crippen molar-refractivity contribution < 1.29 is 19.0 Å². The van der Waals surface area contributed by atoms with E-state index < -0.39 is 11.9 Å². The van der Waals surface area contributed by atoms with Gasteiger partial charge in [-0.25, -0.2) is 4.57 Å². The standard InChI is InChI=1S/C12H13N3O3/c1-15-6-4-8(5-7-15)11(17)13-9-2-3-10(16)14-12(9)18/h4-7,9H,2-3H2,1H3,(H-,13,14,16,17,18)/p+1. The van der Waals surface area contributed by atoms with Crippen LogP contribution in [0.1, 0.15) is 23.2 Å². The Labute approximate surface area is 104 Å². The van der Waals surface area contributed by atoms with Crippen LogP contribution in [0.15, 0.2) is 24.5 Å². The number of pyridine rings is 1. The summed E-state index contributed by atoms with van der Waals surface area (Å²) >= 11 is 0. The van der Waals surface area contributed by atoms with E-state index in [9.17, 15) is 14.4 Å². The first kappa shape index (κ1) is 12.2. The number of carbonyl (C=O) groups is 3. The Bertz CT molecular complexity index is 496. The number of aromatic nitrogens is 1. The van der Waals surface area contributed by atoms with Crippen molar-refractivity contribution in [3.63, 3.8) is 0 Å². The number of imide groups is 1. The summed E-state index contributed by atoms with van der Waals surface area (Å²) in [5.41, 5.74) is 0.484. The largest absolute Gasteiger partial charge is 0.340 e. The molecule has 18 heavy (non-hydrogen) atoms. The van der Waals surface area contributed by atoms with Crippen molar-refractivity contribution in [3.05, 3.63) is 30.1 Å². The third-order valence-electron chi connectivity index (χ3n) is 2.79. The van der Waals surface area contributed by atoms with Gasteiger partial charge in [-0.15, -0.1) is 0 Å². The van der Waals surface area contributed by atoms with Crippen molar-refractivity contribution >= 4 is 17.7 Å². The minimum absolute atomic E-state index is 0.250. The summed E-state index contributed by atoms with van der Waals surface area (Å²) in [5.74, 6) is -1.05. The van der Waals surface area contributed by atoms with Crippen molar-refractivity contribution in [2.24, 2.45) is 7.05 Å². The molecule has 3 amide bonds. The highest BCUT2D eigenvalue weighted by atomic mass is 16.2. The Morgan fingerprint density at radius 1 is 1.39 bits per heavy atom. The second kappa shape index (κ2) is 4.95. The molecule has 2 rings (SSSR count). The second-order valence-corrected chi connectivity index (χ2v) is 4.23. The monoisotopic (exact) mass is 248 g/mol. The molecule has 2 N–H and O–H groups in total. The molecule has 0 saturated carbocycles. The highest BCUT2D eigenvalue weighted by Gasteiger charge is 2.28. The first-order valence-electron chi connectivity index (χ1n) is 5.66. The van der Waals surface area contributed by atoms with E-state index in [1.54, 1.807) is 24.5 Å². The molecule has 2 heterocycles. The quantitative estimate of drug-likeness (QED) is 0.523. The molecule has 0 spiro atoms. The lowest BCUT2D eigenvalue weighted by Gasteiger charge is -2.21. The summed E-state index contributed by atoms with van der Waals surface area (Å²) in [4.78, 5) is 34.3. The van der Waals surface area contributed by atoms with Crippen LogP contribution in [0, 0.1) is 0 Å². The summed E-state index contributed by atoms with van der Waals surface area (Å²) in [6.45, 7) is 0. The molecule has 0 aromatic carbocycles. The van der Waals surface area contributed by atoms with Gasteiger partial charge in [0.05, 0.1) is 5.56 Å². The van der Waals surface area contributed by atoms with E-state index in [-0.39, 0.29) is 18.2 Å². The van der Waals surface area contributed by atoms with Gasteiger partial charge in [0.2, 0.25) is 11.8 Å². The third-order valence-corrected chi connectivity index (χ3v) is 2.79. The summed E-state index contributed by atoms with van der Waals surface area (Å²) in [6, 6.07) is 2.70. The van der Waals surface area contributed by atoms with E-state index in [2.05, 4.69) is 10.6 Å². The number of nitrogens with zero attached hydrogens (tertiary/aromatic N) is 1. The average Bonchev–Trinajstić information content (AvgIpc) is 2.33. The number of aryl methyl sites for hydroxylation is 1. The second-order valence-electron chi connectivity index (χ2n) is 4.23. The maximum Gasteiger partial charge on any atom is 0.252 e. The summed E-state index contributed by atoms with van der Waals surface area (Å²) in [7, 11) is 1.85. The number of piperidine rings is 1. The number of hydrogen-bond acceptors (Lipinski definition) is 3. The molecule has 1 aliphatic heterocycles. The van der Waals surface area contributed by atoms with Gasteiger partial charge in [-0.05, 0) is 6.42 Å². The number of carbonyl (C=O) groups excluding carboxylic acids is 3. The topological polar surface area (TPSA) is 79.2 Å². The van der Waals surface area contributed by atoms with Gasteiger partial charge in [-0.3, -0.25) is 19.7 Å². The van der Waals surface area contributed by atoms with Crippen molar-refractivity contribution in [2.75, 3.05) is 0 Å². The fourth-order valence-electron chi connectivity index (χ4n) is 1.73. The van der Waals surface area contributed by atoms with Gasteiger partial charge in [-0.1, -0.05) is 0 Å². The summed E-state index contributed by atoms with van der Waals surface area (Å²) in [6.07, 6.45) is 4.09. The lowest BCUT2D eigenvalue weighted by Crippen LogP contribution is -2.52. The molecule has 0 radical (unpaired) electrons. The van der Waals surface area contributed by atoms with Crippen LogP contribution in [0.25, 0.3) is 0 Å². The lowest BCUT2D eigenvalue weighted by atomic mass is 10.1. The fourth-order valence-corrected chi connectivity index (χ4v) is 1.73. The predicted molar refractivity (Wildman–Crippen MR) is 61.3 cm³/mol. The Morgan fingerprint density at radius 2 is 2.06 bits per heavy atom. The van der Waals surface area contributed by atoms with E-state index in [1.807, 2.05) is 11.6 Å². The molecule has 1 atom stereocenters. The number of hydrogen-bond donors (Lipinski definition) is 2. The highest BCUT2D eigenvalue weighted by Crippen LogP contribution is 2.05. The molecule has 1 aromatic heterocycles. The van der Waals surface area contributed by atoms with Gasteiger partial charge >= 0.3 is 0 Å². The van der Waals surface area contributed by atoms with E-state index in [0.29, 0.717) is 12.0 Å². The Morgan fingerprint density at radius 3 is 2.67 bits per heavy atom. The Kier molecular flexibility index (Phi) is 3.36. The molecule has 1 unspecified atom stereocenters. The maximum atomic E-state index is 11.9. The van der Waals surface area contributed by atoms with Gasteiger partial charge in [0.15, 0.2) is 12.4 Å². The molecule has 1 aliphatic rings. The summed E-state index contributed by atoms with van der Waals surface area (Å²) < 4.78 is 1.81.